The van der Waals surface area contributed by atoms with Gasteiger partial charge in [-0.25, -0.2) is 24.9 Å². The topological polar surface area (TPSA) is 79.7 Å². The Hall–Kier alpha value is -3.71. The Morgan fingerprint density at radius 3 is 2.23 bits per heavy atom. The van der Waals surface area contributed by atoms with E-state index < -0.39 is 0 Å². The van der Waals surface area contributed by atoms with Gasteiger partial charge in [0.05, 0.1) is 0 Å². The minimum absolute atomic E-state index is 0.577. The minimum atomic E-state index is 0.577. The average Bonchev–Trinajstić information content (AvgIpc) is 3.14. The van der Waals surface area contributed by atoms with E-state index in [1.165, 1.54) is 49.9 Å². The summed E-state index contributed by atoms with van der Waals surface area (Å²) in [6, 6.07) is 18.4. The molecule has 0 bridgehead atoms. The Labute approximate surface area is 206 Å². The number of pyridine rings is 1. The molecular formula is C28H31N7. The maximum absolute atomic E-state index is 4.70. The molecule has 7 nitrogen and oxygen atoms in total. The molecule has 1 aliphatic rings. The van der Waals surface area contributed by atoms with Gasteiger partial charge >= 0.3 is 0 Å². The summed E-state index contributed by atoms with van der Waals surface area (Å²) in [5.41, 5.74) is 4.25. The van der Waals surface area contributed by atoms with Crippen LogP contribution < -0.4 is 5.32 Å². The van der Waals surface area contributed by atoms with Gasteiger partial charge in [0.25, 0.3) is 0 Å². The van der Waals surface area contributed by atoms with Crippen molar-refractivity contribution in [1.82, 2.24) is 29.8 Å². The zero-order chi connectivity index (χ0) is 23.9. The maximum Gasteiger partial charge on any atom is 0.180 e. The highest BCUT2D eigenvalue weighted by Gasteiger charge is 2.10. The van der Waals surface area contributed by atoms with E-state index >= 15 is 0 Å². The molecule has 0 unspecified atom stereocenters. The third kappa shape index (κ3) is 6.45. The number of aromatic nitrogens is 5. The van der Waals surface area contributed by atoms with Crippen molar-refractivity contribution >= 4 is 11.6 Å². The number of benzene rings is 1. The first-order valence-corrected chi connectivity index (χ1v) is 12.4. The molecule has 0 atom stereocenters. The molecule has 0 saturated carbocycles. The lowest BCUT2D eigenvalue weighted by molar-refractivity contribution is 0.277. The molecule has 0 radical (unpaired) electrons. The van der Waals surface area contributed by atoms with Gasteiger partial charge < -0.3 is 5.32 Å². The molecule has 1 saturated heterocycles. The first kappa shape index (κ1) is 23.1. The van der Waals surface area contributed by atoms with E-state index in [2.05, 4.69) is 54.4 Å². The van der Waals surface area contributed by atoms with E-state index in [4.69, 9.17) is 4.98 Å². The predicted octanol–water partition coefficient (Wildman–Crippen LogP) is 5.35. The van der Waals surface area contributed by atoms with Crippen molar-refractivity contribution in [2.45, 2.75) is 45.6 Å². The van der Waals surface area contributed by atoms with Crippen molar-refractivity contribution < 1.29 is 0 Å². The number of nitrogens with zero attached hydrogens (tertiary/aromatic N) is 6. The summed E-state index contributed by atoms with van der Waals surface area (Å²) in [6.07, 6.45) is 9.56. The van der Waals surface area contributed by atoms with Gasteiger partial charge in [0.1, 0.15) is 23.2 Å². The molecular weight excluding hydrogens is 434 g/mol. The smallest absolute Gasteiger partial charge is 0.180 e. The highest BCUT2D eigenvalue weighted by molar-refractivity contribution is 5.56. The van der Waals surface area contributed by atoms with Crippen LogP contribution in [-0.2, 0) is 13.0 Å². The Bertz CT molecular complexity index is 1250. The van der Waals surface area contributed by atoms with Crippen LogP contribution in [0.25, 0.3) is 11.5 Å². The van der Waals surface area contributed by atoms with Gasteiger partial charge in [-0.2, -0.15) is 0 Å². The van der Waals surface area contributed by atoms with Crippen LogP contribution in [0.15, 0.2) is 67.0 Å². The average molecular weight is 466 g/mol. The molecule has 178 valence electrons. The fourth-order valence-corrected chi connectivity index (χ4v) is 4.40. The molecule has 0 aliphatic carbocycles. The minimum Gasteiger partial charge on any atom is -0.325 e. The Kier molecular flexibility index (Phi) is 7.34. The quantitative estimate of drug-likeness (QED) is 0.394. The summed E-state index contributed by atoms with van der Waals surface area (Å²) in [4.78, 5) is 25.2. The second-order valence-electron chi connectivity index (χ2n) is 9.10. The normalized spacial score (nSPS) is 14.4. The molecule has 0 amide bonds. The number of likely N-dealkylation sites (tertiary alicyclic amines) is 1. The third-order valence-electron chi connectivity index (χ3n) is 6.22. The van der Waals surface area contributed by atoms with E-state index in [0.29, 0.717) is 23.9 Å². The molecule has 5 rings (SSSR count). The van der Waals surface area contributed by atoms with E-state index in [-0.39, 0.29) is 0 Å². The number of nitrogens with one attached hydrogen (secondary N) is 1. The molecule has 1 fully saturated rings. The fraction of sp³-hybridized carbons (Fsp3) is 0.321. The first-order valence-electron chi connectivity index (χ1n) is 12.4. The molecule has 1 aliphatic heterocycles. The number of hydrogen-bond acceptors (Lipinski definition) is 7. The lowest BCUT2D eigenvalue weighted by Gasteiger charge is -2.19. The summed E-state index contributed by atoms with van der Waals surface area (Å²) >= 11 is 0. The molecule has 1 aromatic carbocycles. The van der Waals surface area contributed by atoms with E-state index in [1.807, 2.05) is 37.3 Å². The summed E-state index contributed by atoms with van der Waals surface area (Å²) in [6.45, 7) is 5.42. The largest absolute Gasteiger partial charge is 0.325 e. The van der Waals surface area contributed by atoms with Crippen LogP contribution >= 0.6 is 0 Å². The van der Waals surface area contributed by atoms with Crippen LogP contribution in [0, 0.1) is 6.92 Å². The zero-order valence-corrected chi connectivity index (χ0v) is 20.2. The van der Waals surface area contributed by atoms with E-state index in [9.17, 15) is 0 Å². The predicted molar refractivity (Wildman–Crippen MR) is 138 cm³/mol. The van der Waals surface area contributed by atoms with Gasteiger partial charge in [-0.05, 0) is 68.2 Å². The SMILES string of the molecule is Cc1cccc(-c2nccc(Nc3ccnc(Cc4ccc(CN5CCCCCC5)cc4)n3)n2)n1. The standard InChI is InChI=1S/C28H31N7/c1-21-7-6-8-24(31-21)28-30-16-14-26(34-28)32-25-13-15-29-27(33-25)19-22-9-11-23(12-10-22)20-35-17-4-2-3-5-18-35/h6-16H,2-5,17-20H2,1H3,(H,29,30,32,33,34). The van der Waals surface area contributed by atoms with Crippen molar-refractivity contribution in [2.75, 3.05) is 18.4 Å². The molecule has 4 aromatic rings. The first-order chi connectivity index (χ1) is 17.2. The monoisotopic (exact) mass is 465 g/mol. The van der Waals surface area contributed by atoms with Crippen molar-refractivity contribution in [3.63, 3.8) is 0 Å². The highest BCUT2D eigenvalue weighted by Crippen LogP contribution is 2.18. The van der Waals surface area contributed by atoms with Gasteiger partial charge in [-0.15, -0.1) is 0 Å². The third-order valence-corrected chi connectivity index (χ3v) is 6.22. The highest BCUT2D eigenvalue weighted by atomic mass is 15.1. The molecule has 35 heavy (non-hydrogen) atoms. The molecule has 3 aromatic heterocycles. The Balaban J connectivity index is 1.23. The number of rotatable bonds is 7. The lowest BCUT2D eigenvalue weighted by atomic mass is 10.1. The second kappa shape index (κ2) is 11.1. The van der Waals surface area contributed by atoms with Crippen LogP contribution in [0.4, 0.5) is 11.6 Å². The molecule has 1 N–H and O–H groups in total. The summed E-state index contributed by atoms with van der Waals surface area (Å²) in [5.74, 6) is 2.72. The van der Waals surface area contributed by atoms with E-state index in [0.717, 1.165) is 23.8 Å². The lowest BCUT2D eigenvalue weighted by Crippen LogP contribution is -2.23. The van der Waals surface area contributed by atoms with Crippen LogP contribution in [-0.4, -0.2) is 42.9 Å². The number of anilines is 2. The summed E-state index contributed by atoms with van der Waals surface area (Å²) < 4.78 is 0. The molecule has 7 heteroatoms. The maximum atomic E-state index is 4.70. The number of hydrogen-bond donors (Lipinski definition) is 1. The zero-order valence-electron chi connectivity index (χ0n) is 20.2. The second-order valence-corrected chi connectivity index (χ2v) is 9.10. The molecule has 0 spiro atoms. The van der Waals surface area contributed by atoms with Gasteiger partial charge in [0.15, 0.2) is 5.82 Å². The Morgan fingerprint density at radius 1 is 0.743 bits per heavy atom. The van der Waals surface area contributed by atoms with Crippen LogP contribution in [0.3, 0.4) is 0 Å². The van der Waals surface area contributed by atoms with Crippen LogP contribution in [0.2, 0.25) is 0 Å². The van der Waals surface area contributed by atoms with Crippen molar-refractivity contribution in [3.05, 3.63) is 89.6 Å². The van der Waals surface area contributed by atoms with Gasteiger partial charge in [-0.1, -0.05) is 43.2 Å². The van der Waals surface area contributed by atoms with Gasteiger partial charge in [0.2, 0.25) is 0 Å². The van der Waals surface area contributed by atoms with Crippen molar-refractivity contribution in [2.24, 2.45) is 0 Å². The summed E-state index contributed by atoms with van der Waals surface area (Å²) in [7, 11) is 0. The Morgan fingerprint density at radius 2 is 1.46 bits per heavy atom. The number of aryl methyl sites for hydroxylation is 1. The van der Waals surface area contributed by atoms with Crippen LogP contribution in [0.1, 0.15) is 48.3 Å². The van der Waals surface area contributed by atoms with Gasteiger partial charge in [0, 0.05) is 31.1 Å². The van der Waals surface area contributed by atoms with Gasteiger partial charge in [-0.3, -0.25) is 4.90 Å². The van der Waals surface area contributed by atoms with Crippen molar-refractivity contribution in [1.29, 1.82) is 0 Å². The van der Waals surface area contributed by atoms with E-state index in [1.54, 1.807) is 12.4 Å². The van der Waals surface area contributed by atoms with Crippen LogP contribution in [0.5, 0.6) is 0 Å². The molecule has 4 heterocycles. The fourth-order valence-electron chi connectivity index (χ4n) is 4.40. The summed E-state index contributed by atoms with van der Waals surface area (Å²) in [5, 5.41) is 3.28. The van der Waals surface area contributed by atoms with Crippen molar-refractivity contribution in [3.8, 4) is 11.5 Å².